The van der Waals surface area contributed by atoms with E-state index in [0.717, 1.165) is 6.20 Å². The Labute approximate surface area is 57.8 Å². The summed E-state index contributed by atoms with van der Waals surface area (Å²) in [5, 5.41) is 8.23. The Morgan fingerprint density at radius 1 is 1.70 bits per heavy atom. The number of hydrogen-bond acceptors (Lipinski definition) is 3. The van der Waals surface area contributed by atoms with Crippen LogP contribution in [0.4, 0.5) is 4.39 Å². The van der Waals surface area contributed by atoms with Crippen molar-refractivity contribution in [3.63, 3.8) is 0 Å². The van der Waals surface area contributed by atoms with Crippen LogP contribution < -0.4 is 4.65 Å². The van der Waals surface area contributed by atoms with Gasteiger partial charge in [-0.05, 0) is 6.07 Å². The van der Waals surface area contributed by atoms with Gasteiger partial charge in [0.25, 0.3) is 0 Å². The third kappa shape index (κ3) is 1.45. The SMILES string of the molecule is OBOc1ccncc1F. The largest absolute Gasteiger partial charge is 0.537 e. The molecule has 0 unspecified atom stereocenters. The highest BCUT2D eigenvalue weighted by Gasteiger charge is 1.99. The Morgan fingerprint density at radius 2 is 2.50 bits per heavy atom. The van der Waals surface area contributed by atoms with Crippen molar-refractivity contribution >= 4 is 7.69 Å². The average Bonchev–Trinajstić information content (AvgIpc) is 1.94. The average molecular weight is 141 g/mol. The molecule has 0 atom stereocenters. The van der Waals surface area contributed by atoms with Gasteiger partial charge in [0, 0.05) is 6.20 Å². The molecule has 1 rings (SSSR count). The maximum Gasteiger partial charge on any atom is 0.504 e. The minimum atomic E-state index is -0.573. The predicted octanol–water partition coefficient (Wildman–Crippen LogP) is -0.142. The molecule has 0 amide bonds. The molecule has 1 aromatic heterocycles. The molecule has 10 heavy (non-hydrogen) atoms. The third-order valence-electron chi connectivity index (χ3n) is 0.955. The Morgan fingerprint density at radius 3 is 3.10 bits per heavy atom. The molecule has 0 bridgehead atoms. The molecule has 52 valence electrons. The van der Waals surface area contributed by atoms with Crippen LogP contribution in [0.15, 0.2) is 18.5 Å². The van der Waals surface area contributed by atoms with Gasteiger partial charge in [0.1, 0.15) is 5.75 Å². The molecule has 1 heterocycles. The van der Waals surface area contributed by atoms with Crippen LogP contribution >= 0.6 is 0 Å². The van der Waals surface area contributed by atoms with Crippen molar-refractivity contribution < 1.29 is 14.1 Å². The van der Waals surface area contributed by atoms with E-state index in [0.29, 0.717) is 0 Å². The lowest BCUT2D eigenvalue weighted by Crippen LogP contribution is -2.01. The van der Waals surface area contributed by atoms with Crippen molar-refractivity contribution in [1.82, 2.24) is 4.98 Å². The molecule has 0 aliphatic heterocycles. The zero-order valence-corrected chi connectivity index (χ0v) is 5.12. The normalized spacial score (nSPS) is 9.00. The van der Waals surface area contributed by atoms with Crippen LogP contribution in [0.25, 0.3) is 0 Å². The van der Waals surface area contributed by atoms with Crippen molar-refractivity contribution in [1.29, 1.82) is 0 Å². The minimum absolute atomic E-state index is 0.0116. The van der Waals surface area contributed by atoms with Gasteiger partial charge < -0.3 is 9.68 Å². The molecule has 0 aromatic carbocycles. The minimum Gasteiger partial charge on any atom is -0.537 e. The molecule has 0 aliphatic rings. The van der Waals surface area contributed by atoms with Crippen LogP contribution in [0.1, 0.15) is 0 Å². The Bertz CT molecular complexity index is 221. The van der Waals surface area contributed by atoms with E-state index in [1.807, 2.05) is 0 Å². The summed E-state index contributed by atoms with van der Waals surface area (Å²) in [7, 11) is -0.527. The summed E-state index contributed by atoms with van der Waals surface area (Å²) in [6.45, 7) is 0. The number of pyridine rings is 1. The van der Waals surface area contributed by atoms with E-state index in [9.17, 15) is 4.39 Å². The van der Waals surface area contributed by atoms with Crippen LogP contribution in [0.5, 0.6) is 5.75 Å². The molecule has 0 saturated carbocycles. The lowest BCUT2D eigenvalue weighted by atomic mass is 10.3. The fourth-order valence-electron chi connectivity index (χ4n) is 0.549. The number of halogens is 1. The Balaban J connectivity index is 2.81. The van der Waals surface area contributed by atoms with E-state index >= 15 is 0 Å². The van der Waals surface area contributed by atoms with E-state index in [-0.39, 0.29) is 5.75 Å². The molecule has 1 aromatic rings. The van der Waals surface area contributed by atoms with Crippen LogP contribution in [0.2, 0.25) is 0 Å². The van der Waals surface area contributed by atoms with Crippen LogP contribution in [-0.4, -0.2) is 17.7 Å². The van der Waals surface area contributed by atoms with Crippen LogP contribution in [-0.2, 0) is 0 Å². The molecule has 0 fully saturated rings. The second-order valence-electron chi connectivity index (χ2n) is 1.58. The van der Waals surface area contributed by atoms with Gasteiger partial charge in [-0.2, -0.15) is 0 Å². The molecule has 0 radical (unpaired) electrons. The van der Waals surface area contributed by atoms with Gasteiger partial charge in [-0.3, -0.25) is 4.98 Å². The summed E-state index contributed by atoms with van der Waals surface area (Å²) in [5.74, 6) is -0.561. The van der Waals surface area contributed by atoms with E-state index in [1.54, 1.807) is 0 Å². The summed E-state index contributed by atoms with van der Waals surface area (Å²) in [5.41, 5.74) is 0. The molecule has 0 aliphatic carbocycles. The van der Waals surface area contributed by atoms with Gasteiger partial charge in [0.15, 0.2) is 5.82 Å². The smallest absolute Gasteiger partial charge is 0.504 e. The van der Waals surface area contributed by atoms with Crippen molar-refractivity contribution in [2.75, 3.05) is 0 Å². The first-order chi connectivity index (χ1) is 4.84. The second-order valence-corrected chi connectivity index (χ2v) is 1.58. The van der Waals surface area contributed by atoms with Gasteiger partial charge in [-0.25, -0.2) is 4.39 Å². The van der Waals surface area contributed by atoms with Crippen molar-refractivity contribution in [2.24, 2.45) is 0 Å². The molecule has 0 saturated heterocycles. The molecular weight excluding hydrogens is 136 g/mol. The molecular formula is C5H5BFNO2. The Kier molecular flexibility index (Phi) is 2.22. The monoisotopic (exact) mass is 141 g/mol. The fraction of sp³-hybridized carbons (Fsp3) is 0. The zero-order chi connectivity index (χ0) is 7.40. The number of rotatable bonds is 2. The summed E-state index contributed by atoms with van der Waals surface area (Å²) in [6, 6.07) is 1.34. The molecule has 1 N–H and O–H groups in total. The lowest BCUT2D eigenvalue weighted by Gasteiger charge is -2.00. The van der Waals surface area contributed by atoms with Crippen LogP contribution in [0.3, 0.4) is 0 Å². The topological polar surface area (TPSA) is 42.4 Å². The molecule has 3 nitrogen and oxygen atoms in total. The summed E-state index contributed by atoms with van der Waals surface area (Å²) >= 11 is 0. The van der Waals surface area contributed by atoms with E-state index in [2.05, 4.69) is 9.64 Å². The summed E-state index contributed by atoms with van der Waals surface area (Å²) in [6.07, 6.45) is 2.40. The predicted molar refractivity (Wildman–Crippen MR) is 34.2 cm³/mol. The van der Waals surface area contributed by atoms with E-state index in [4.69, 9.17) is 5.02 Å². The number of hydrogen-bond donors (Lipinski definition) is 1. The van der Waals surface area contributed by atoms with Crippen LogP contribution in [0, 0.1) is 5.82 Å². The zero-order valence-electron chi connectivity index (χ0n) is 5.12. The van der Waals surface area contributed by atoms with E-state index in [1.165, 1.54) is 12.3 Å². The van der Waals surface area contributed by atoms with Crippen molar-refractivity contribution in [3.8, 4) is 5.75 Å². The lowest BCUT2D eigenvalue weighted by molar-refractivity contribution is 0.430. The first-order valence-corrected chi connectivity index (χ1v) is 2.68. The highest BCUT2D eigenvalue weighted by Crippen LogP contribution is 2.12. The Hall–Kier alpha value is -1.10. The first kappa shape index (κ1) is 7.02. The molecule has 5 heteroatoms. The van der Waals surface area contributed by atoms with Crippen molar-refractivity contribution in [2.45, 2.75) is 0 Å². The van der Waals surface area contributed by atoms with Gasteiger partial charge in [0.2, 0.25) is 0 Å². The third-order valence-corrected chi connectivity index (χ3v) is 0.955. The second kappa shape index (κ2) is 3.17. The highest BCUT2D eigenvalue weighted by molar-refractivity contribution is 6.17. The highest BCUT2D eigenvalue weighted by atomic mass is 19.1. The quantitative estimate of drug-likeness (QED) is 0.582. The maximum atomic E-state index is 12.5. The van der Waals surface area contributed by atoms with Crippen molar-refractivity contribution in [3.05, 3.63) is 24.3 Å². The maximum absolute atomic E-state index is 12.5. The first-order valence-electron chi connectivity index (χ1n) is 2.68. The summed E-state index contributed by atoms with van der Waals surface area (Å²) in [4.78, 5) is 3.49. The van der Waals surface area contributed by atoms with Gasteiger partial charge in [-0.15, -0.1) is 0 Å². The molecule has 0 spiro atoms. The number of nitrogens with zero attached hydrogens (tertiary/aromatic N) is 1. The van der Waals surface area contributed by atoms with Gasteiger partial charge in [0.05, 0.1) is 6.20 Å². The van der Waals surface area contributed by atoms with Gasteiger partial charge >= 0.3 is 7.69 Å². The van der Waals surface area contributed by atoms with E-state index < -0.39 is 13.5 Å². The summed E-state index contributed by atoms with van der Waals surface area (Å²) < 4.78 is 17.0. The standard InChI is InChI=1S/C5H5BFNO2/c7-4-3-8-2-1-5(4)10-6-9/h1-3,6,9H. The number of aromatic nitrogens is 1. The fourth-order valence-corrected chi connectivity index (χ4v) is 0.549. The van der Waals surface area contributed by atoms with Gasteiger partial charge in [-0.1, -0.05) is 0 Å².